The number of unbranched alkanes of at least 4 members (excludes halogenated alkanes) is 1. The van der Waals surface area contributed by atoms with Crippen LogP contribution in [0.25, 0.3) is 0 Å². The molecule has 1 unspecified atom stereocenters. The number of carboxylic acids is 1. The van der Waals surface area contributed by atoms with Crippen molar-refractivity contribution in [1.29, 1.82) is 0 Å². The van der Waals surface area contributed by atoms with Gasteiger partial charge in [0.15, 0.2) is 0 Å². The van der Waals surface area contributed by atoms with Crippen LogP contribution in [-0.4, -0.2) is 28.9 Å². The van der Waals surface area contributed by atoms with Crippen LogP contribution in [0.5, 0.6) is 0 Å². The molecule has 0 fully saturated rings. The molecular formula is C15H21NO3. The first-order chi connectivity index (χ1) is 9.02. The fourth-order valence-corrected chi connectivity index (χ4v) is 1.90. The highest BCUT2D eigenvalue weighted by molar-refractivity contribution is 5.76. The zero-order valence-electron chi connectivity index (χ0n) is 11.5. The van der Waals surface area contributed by atoms with Crippen molar-refractivity contribution in [3.8, 4) is 0 Å². The summed E-state index contributed by atoms with van der Waals surface area (Å²) in [4.78, 5) is 24.1. The van der Waals surface area contributed by atoms with Crippen LogP contribution < -0.4 is 0 Å². The molecule has 104 valence electrons. The molecular weight excluding hydrogens is 242 g/mol. The Morgan fingerprint density at radius 1 is 1.16 bits per heavy atom. The third-order valence-electron chi connectivity index (χ3n) is 3.29. The molecule has 1 aromatic carbocycles. The quantitative estimate of drug-likeness (QED) is 0.769. The summed E-state index contributed by atoms with van der Waals surface area (Å²) in [5.74, 6) is -0.750. The van der Waals surface area contributed by atoms with Crippen molar-refractivity contribution in [2.24, 2.45) is 0 Å². The molecule has 1 aromatic rings. The molecule has 1 atom stereocenters. The van der Waals surface area contributed by atoms with Gasteiger partial charge < -0.3 is 10.0 Å². The lowest BCUT2D eigenvalue weighted by molar-refractivity contribution is -0.137. The summed E-state index contributed by atoms with van der Waals surface area (Å²) >= 11 is 0. The van der Waals surface area contributed by atoms with E-state index in [0.717, 1.165) is 5.56 Å². The Bertz CT molecular complexity index is 417. The molecule has 4 heteroatoms. The lowest BCUT2D eigenvalue weighted by atomic mass is 10.1. The second-order valence-electron chi connectivity index (χ2n) is 4.69. The number of hydrogen-bond donors (Lipinski definition) is 1. The zero-order valence-corrected chi connectivity index (χ0v) is 11.5. The SMILES string of the molecule is CC(c1ccccc1)N(C)C(=O)CCCCC(=O)O. The highest BCUT2D eigenvalue weighted by atomic mass is 16.4. The third-order valence-corrected chi connectivity index (χ3v) is 3.29. The van der Waals surface area contributed by atoms with Crippen LogP contribution in [0.15, 0.2) is 30.3 Å². The van der Waals surface area contributed by atoms with E-state index in [-0.39, 0.29) is 18.4 Å². The van der Waals surface area contributed by atoms with Crippen molar-refractivity contribution >= 4 is 11.9 Å². The van der Waals surface area contributed by atoms with E-state index in [1.165, 1.54) is 0 Å². The van der Waals surface area contributed by atoms with Gasteiger partial charge in [0.2, 0.25) is 5.91 Å². The molecule has 0 saturated heterocycles. The Kier molecular flexibility index (Phi) is 6.06. The summed E-state index contributed by atoms with van der Waals surface area (Å²) in [6.07, 6.45) is 1.71. The second-order valence-corrected chi connectivity index (χ2v) is 4.69. The zero-order chi connectivity index (χ0) is 14.3. The maximum absolute atomic E-state index is 12.0. The van der Waals surface area contributed by atoms with Crippen LogP contribution in [0.2, 0.25) is 0 Å². The van der Waals surface area contributed by atoms with Gasteiger partial charge in [-0.2, -0.15) is 0 Å². The molecule has 0 aliphatic carbocycles. The third kappa shape index (κ3) is 5.12. The maximum atomic E-state index is 12.0. The molecule has 1 amide bonds. The first kappa shape index (κ1) is 15.2. The molecule has 0 heterocycles. The number of carbonyl (C=O) groups is 2. The van der Waals surface area contributed by atoms with Crippen LogP contribution in [-0.2, 0) is 9.59 Å². The van der Waals surface area contributed by atoms with Crippen LogP contribution in [0, 0.1) is 0 Å². The molecule has 0 aliphatic rings. The average Bonchev–Trinajstić information content (AvgIpc) is 2.42. The fraction of sp³-hybridized carbons (Fsp3) is 0.467. The van der Waals surface area contributed by atoms with Crippen molar-refractivity contribution in [3.05, 3.63) is 35.9 Å². The average molecular weight is 263 g/mol. The summed E-state index contributed by atoms with van der Waals surface area (Å²) < 4.78 is 0. The first-order valence-corrected chi connectivity index (χ1v) is 6.54. The Morgan fingerprint density at radius 2 is 1.74 bits per heavy atom. The fourth-order valence-electron chi connectivity index (χ4n) is 1.90. The first-order valence-electron chi connectivity index (χ1n) is 6.54. The monoisotopic (exact) mass is 263 g/mol. The summed E-state index contributed by atoms with van der Waals surface area (Å²) in [6, 6.07) is 9.89. The Balaban J connectivity index is 2.42. The highest BCUT2D eigenvalue weighted by Crippen LogP contribution is 2.19. The summed E-state index contributed by atoms with van der Waals surface area (Å²) in [5.41, 5.74) is 1.10. The standard InChI is InChI=1S/C15H21NO3/c1-12(13-8-4-3-5-9-13)16(2)14(17)10-6-7-11-15(18)19/h3-5,8-9,12H,6-7,10-11H2,1-2H3,(H,18,19). The molecule has 4 nitrogen and oxygen atoms in total. The minimum atomic E-state index is -0.807. The molecule has 0 radical (unpaired) electrons. The normalized spacial score (nSPS) is 11.9. The van der Waals surface area contributed by atoms with Crippen molar-refractivity contribution in [2.75, 3.05) is 7.05 Å². The van der Waals surface area contributed by atoms with Gasteiger partial charge in [0.25, 0.3) is 0 Å². The van der Waals surface area contributed by atoms with E-state index in [4.69, 9.17) is 5.11 Å². The number of amides is 1. The number of benzene rings is 1. The van der Waals surface area contributed by atoms with E-state index >= 15 is 0 Å². The van der Waals surface area contributed by atoms with Gasteiger partial charge >= 0.3 is 5.97 Å². The molecule has 0 bridgehead atoms. The van der Waals surface area contributed by atoms with Crippen LogP contribution in [0.1, 0.15) is 44.2 Å². The van der Waals surface area contributed by atoms with Gasteiger partial charge in [0, 0.05) is 19.9 Å². The molecule has 0 aliphatic heterocycles. The number of carboxylic acid groups (broad SMARTS) is 1. The van der Waals surface area contributed by atoms with Crippen molar-refractivity contribution < 1.29 is 14.7 Å². The Morgan fingerprint density at radius 3 is 2.32 bits per heavy atom. The lowest BCUT2D eigenvalue weighted by Crippen LogP contribution is -2.29. The predicted molar refractivity (Wildman–Crippen MR) is 73.7 cm³/mol. The van der Waals surface area contributed by atoms with E-state index in [1.54, 1.807) is 11.9 Å². The van der Waals surface area contributed by atoms with Gasteiger partial charge in [-0.15, -0.1) is 0 Å². The van der Waals surface area contributed by atoms with Crippen molar-refractivity contribution in [1.82, 2.24) is 4.90 Å². The molecule has 0 aromatic heterocycles. The van der Waals surface area contributed by atoms with E-state index in [0.29, 0.717) is 19.3 Å². The molecule has 1 N–H and O–H groups in total. The smallest absolute Gasteiger partial charge is 0.303 e. The van der Waals surface area contributed by atoms with Gasteiger partial charge in [0.1, 0.15) is 0 Å². The van der Waals surface area contributed by atoms with Crippen molar-refractivity contribution in [2.45, 2.75) is 38.6 Å². The molecule has 0 spiro atoms. The topological polar surface area (TPSA) is 57.6 Å². The van der Waals surface area contributed by atoms with E-state index in [9.17, 15) is 9.59 Å². The van der Waals surface area contributed by atoms with Gasteiger partial charge in [-0.25, -0.2) is 0 Å². The van der Waals surface area contributed by atoms with E-state index < -0.39 is 5.97 Å². The number of hydrogen-bond acceptors (Lipinski definition) is 2. The highest BCUT2D eigenvalue weighted by Gasteiger charge is 2.16. The molecule has 0 saturated carbocycles. The summed E-state index contributed by atoms with van der Waals surface area (Å²) in [6.45, 7) is 1.99. The maximum Gasteiger partial charge on any atom is 0.303 e. The van der Waals surface area contributed by atoms with Crippen molar-refractivity contribution in [3.63, 3.8) is 0 Å². The Hall–Kier alpha value is -1.84. The van der Waals surface area contributed by atoms with Crippen LogP contribution in [0.4, 0.5) is 0 Å². The lowest BCUT2D eigenvalue weighted by Gasteiger charge is -2.25. The molecule has 1 rings (SSSR count). The van der Waals surface area contributed by atoms with Gasteiger partial charge in [0.05, 0.1) is 6.04 Å². The summed E-state index contributed by atoms with van der Waals surface area (Å²) in [5, 5.41) is 8.53. The van der Waals surface area contributed by atoms with Gasteiger partial charge in [-0.05, 0) is 25.3 Å². The number of carbonyl (C=O) groups excluding carboxylic acids is 1. The van der Waals surface area contributed by atoms with E-state index in [2.05, 4.69) is 0 Å². The largest absolute Gasteiger partial charge is 0.481 e. The predicted octanol–water partition coefficient (Wildman–Crippen LogP) is 2.85. The minimum Gasteiger partial charge on any atom is -0.481 e. The van der Waals surface area contributed by atoms with E-state index in [1.807, 2.05) is 37.3 Å². The second kappa shape index (κ2) is 7.56. The summed E-state index contributed by atoms with van der Waals surface area (Å²) in [7, 11) is 1.79. The van der Waals surface area contributed by atoms with Gasteiger partial charge in [-0.1, -0.05) is 30.3 Å². The van der Waals surface area contributed by atoms with Crippen LogP contribution in [0.3, 0.4) is 0 Å². The number of nitrogens with zero attached hydrogens (tertiary/aromatic N) is 1. The number of rotatable bonds is 7. The van der Waals surface area contributed by atoms with Gasteiger partial charge in [-0.3, -0.25) is 9.59 Å². The Labute approximate surface area is 114 Å². The molecule has 19 heavy (non-hydrogen) atoms. The minimum absolute atomic E-state index is 0.0353. The van der Waals surface area contributed by atoms with Crippen LogP contribution >= 0.6 is 0 Å². The number of aliphatic carboxylic acids is 1.